The van der Waals surface area contributed by atoms with Gasteiger partial charge in [0.05, 0.1) is 5.69 Å². The van der Waals surface area contributed by atoms with Crippen LogP contribution in [0.2, 0.25) is 0 Å². The monoisotopic (exact) mass is 258 g/mol. The number of carbonyl (C=O) groups excluding carboxylic acids is 1. The van der Waals surface area contributed by atoms with Gasteiger partial charge in [-0.05, 0) is 44.5 Å². The minimum atomic E-state index is -0.175. The van der Waals surface area contributed by atoms with Crippen LogP contribution in [-0.4, -0.2) is 15.7 Å². The summed E-state index contributed by atoms with van der Waals surface area (Å²) in [5, 5.41) is 7.09. The molecule has 2 rings (SSSR count). The van der Waals surface area contributed by atoms with E-state index in [1.165, 1.54) is 0 Å². The predicted molar refractivity (Wildman–Crippen MR) is 76.2 cm³/mol. The van der Waals surface area contributed by atoms with Gasteiger partial charge in [-0.3, -0.25) is 9.48 Å². The molecule has 0 aliphatic carbocycles. The normalized spacial score (nSPS) is 10.5. The fourth-order valence-electron chi connectivity index (χ4n) is 1.88. The van der Waals surface area contributed by atoms with Gasteiger partial charge < -0.3 is 11.1 Å². The molecule has 5 nitrogen and oxygen atoms in total. The highest BCUT2D eigenvalue weighted by molar-refractivity contribution is 6.03. The highest BCUT2D eigenvalue weighted by Gasteiger charge is 2.13. The van der Waals surface area contributed by atoms with Gasteiger partial charge in [-0.2, -0.15) is 5.10 Å². The Balaban J connectivity index is 2.22. The van der Waals surface area contributed by atoms with Crippen molar-refractivity contribution in [2.45, 2.75) is 27.3 Å². The summed E-state index contributed by atoms with van der Waals surface area (Å²) in [4.78, 5) is 12.2. The molecule has 0 bridgehead atoms. The zero-order chi connectivity index (χ0) is 14.0. The van der Waals surface area contributed by atoms with Crippen molar-refractivity contribution in [3.63, 3.8) is 0 Å². The molecule has 0 spiro atoms. The number of hydrogen-bond donors (Lipinski definition) is 2. The van der Waals surface area contributed by atoms with E-state index in [0.29, 0.717) is 23.6 Å². The molecule has 1 aromatic carbocycles. The molecule has 0 saturated carbocycles. The first-order chi connectivity index (χ1) is 9.01. The first-order valence-electron chi connectivity index (χ1n) is 6.23. The van der Waals surface area contributed by atoms with Gasteiger partial charge in [-0.1, -0.05) is 6.07 Å². The Hall–Kier alpha value is -2.30. The molecule has 1 heterocycles. The van der Waals surface area contributed by atoms with Gasteiger partial charge in [0.1, 0.15) is 5.69 Å². The number of hydrogen-bond acceptors (Lipinski definition) is 3. The average molecular weight is 258 g/mol. The van der Waals surface area contributed by atoms with Gasteiger partial charge in [0.25, 0.3) is 5.91 Å². The molecule has 3 N–H and O–H groups in total. The second-order valence-corrected chi connectivity index (χ2v) is 4.51. The van der Waals surface area contributed by atoms with Crippen LogP contribution in [0.5, 0.6) is 0 Å². The third-order valence-corrected chi connectivity index (χ3v) is 2.97. The Morgan fingerprint density at radius 2 is 2.11 bits per heavy atom. The minimum absolute atomic E-state index is 0.175. The summed E-state index contributed by atoms with van der Waals surface area (Å²) in [5.41, 5.74) is 9.56. The third-order valence-electron chi connectivity index (χ3n) is 2.97. The van der Waals surface area contributed by atoms with E-state index < -0.39 is 0 Å². The fraction of sp³-hybridized carbons (Fsp3) is 0.286. The summed E-state index contributed by atoms with van der Waals surface area (Å²) in [6.07, 6.45) is 0. The van der Waals surface area contributed by atoms with E-state index in [-0.39, 0.29) is 5.91 Å². The summed E-state index contributed by atoms with van der Waals surface area (Å²) in [6.45, 7) is 6.41. The van der Waals surface area contributed by atoms with Crippen LogP contribution >= 0.6 is 0 Å². The number of rotatable bonds is 3. The van der Waals surface area contributed by atoms with Crippen molar-refractivity contribution < 1.29 is 4.79 Å². The van der Waals surface area contributed by atoms with Crippen molar-refractivity contribution in [3.05, 3.63) is 41.2 Å². The van der Waals surface area contributed by atoms with Crippen molar-refractivity contribution in [1.29, 1.82) is 0 Å². The van der Waals surface area contributed by atoms with Crippen LogP contribution in [-0.2, 0) is 6.54 Å². The lowest BCUT2D eigenvalue weighted by atomic mass is 10.2. The Bertz CT molecular complexity index is 616. The molecule has 1 aromatic heterocycles. The van der Waals surface area contributed by atoms with Crippen molar-refractivity contribution in [3.8, 4) is 0 Å². The first kappa shape index (κ1) is 13.1. The lowest BCUT2D eigenvalue weighted by Crippen LogP contribution is -2.17. The fourth-order valence-corrected chi connectivity index (χ4v) is 1.88. The Morgan fingerprint density at radius 1 is 1.37 bits per heavy atom. The van der Waals surface area contributed by atoms with Gasteiger partial charge in [-0.15, -0.1) is 0 Å². The van der Waals surface area contributed by atoms with E-state index in [9.17, 15) is 4.79 Å². The van der Waals surface area contributed by atoms with Crippen LogP contribution in [0.15, 0.2) is 24.3 Å². The molecule has 0 aliphatic heterocycles. The quantitative estimate of drug-likeness (QED) is 0.830. The number of anilines is 2. The summed E-state index contributed by atoms with van der Waals surface area (Å²) in [6, 6.07) is 7.25. The molecule has 19 heavy (non-hydrogen) atoms. The average Bonchev–Trinajstić information content (AvgIpc) is 2.75. The smallest absolute Gasteiger partial charge is 0.273 e. The third kappa shape index (κ3) is 2.76. The molecular formula is C14H18N4O. The van der Waals surface area contributed by atoms with E-state index in [0.717, 1.165) is 11.3 Å². The lowest BCUT2D eigenvalue weighted by Gasteiger charge is -2.08. The molecule has 0 unspecified atom stereocenters. The number of nitrogen functional groups attached to an aromatic ring is 1. The van der Waals surface area contributed by atoms with Crippen LogP contribution in [0.4, 0.5) is 11.4 Å². The van der Waals surface area contributed by atoms with Gasteiger partial charge >= 0.3 is 0 Å². The topological polar surface area (TPSA) is 72.9 Å². The molecule has 0 fully saturated rings. The first-order valence-corrected chi connectivity index (χ1v) is 6.23. The predicted octanol–water partition coefficient (Wildman–Crippen LogP) is 2.35. The number of benzene rings is 1. The Kier molecular flexibility index (Phi) is 3.55. The van der Waals surface area contributed by atoms with Crippen molar-refractivity contribution in [1.82, 2.24) is 9.78 Å². The van der Waals surface area contributed by atoms with Crippen molar-refractivity contribution in [2.24, 2.45) is 0 Å². The maximum Gasteiger partial charge on any atom is 0.273 e. The number of nitrogens with one attached hydrogen (secondary N) is 1. The number of nitrogens with zero attached hydrogens (tertiary/aromatic N) is 2. The molecule has 5 heteroatoms. The number of amides is 1. The van der Waals surface area contributed by atoms with Crippen LogP contribution in [0.3, 0.4) is 0 Å². The summed E-state index contributed by atoms with van der Waals surface area (Å²) < 4.78 is 1.68. The van der Waals surface area contributed by atoms with Crippen molar-refractivity contribution in [2.75, 3.05) is 11.1 Å². The molecule has 1 amide bonds. The van der Waals surface area contributed by atoms with Crippen LogP contribution < -0.4 is 11.1 Å². The van der Waals surface area contributed by atoms with Gasteiger partial charge in [0.2, 0.25) is 0 Å². The second kappa shape index (κ2) is 5.14. The highest BCUT2D eigenvalue weighted by atomic mass is 16.2. The van der Waals surface area contributed by atoms with Crippen LogP contribution in [0.25, 0.3) is 0 Å². The van der Waals surface area contributed by atoms with E-state index >= 15 is 0 Å². The zero-order valence-corrected chi connectivity index (χ0v) is 11.4. The lowest BCUT2D eigenvalue weighted by molar-refractivity contribution is 0.101. The summed E-state index contributed by atoms with van der Waals surface area (Å²) in [7, 11) is 0. The molecule has 2 aromatic rings. The molecule has 0 aliphatic rings. The maximum atomic E-state index is 12.2. The maximum absolute atomic E-state index is 12.2. The standard InChI is InChI=1S/C14H18N4O/c1-4-18-13(7-10(3)17-18)14(19)16-11-6-5-9(2)12(15)8-11/h5-8H,4,15H2,1-3H3,(H,16,19). The Morgan fingerprint density at radius 3 is 2.74 bits per heavy atom. The Labute approximate surface area is 112 Å². The SMILES string of the molecule is CCn1nc(C)cc1C(=O)Nc1ccc(C)c(N)c1. The van der Waals surface area contributed by atoms with E-state index in [2.05, 4.69) is 10.4 Å². The summed E-state index contributed by atoms with van der Waals surface area (Å²) in [5.74, 6) is -0.175. The van der Waals surface area contributed by atoms with Crippen molar-refractivity contribution >= 4 is 17.3 Å². The highest BCUT2D eigenvalue weighted by Crippen LogP contribution is 2.17. The minimum Gasteiger partial charge on any atom is -0.398 e. The number of carbonyl (C=O) groups is 1. The molecular weight excluding hydrogens is 240 g/mol. The van der Waals surface area contributed by atoms with Gasteiger partial charge in [0, 0.05) is 17.9 Å². The van der Waals surface area contributed by atoms with Crippen LogP contribution in [0.1, 0.15) is 28.7 Å². The zero-order valence-electron chi connectivity index (χ0n) is 11.4. The second-order valence-electron chi connectivity index (χ2n) is 4.51. The summed E-state index contributed by atoms with van der Waals surface area (Å²) >= 11 is 0. The van der Waals surface area contributed by atoms with Crippen LogP contribution in [0, 0.1) is 13.8 Å². The molecule has 0 radical (unpaired) electrons. The van der Waals surface area contributed by atoms with E-state index in [1.54, 1.807) is 16.8 Å². The molecule has 100 valence electrons. The van der Waals surface area contributed by atoms with Gasteiger partial charge in [-0.25, -0.2) is 0 Å². The number of nitrogens with two attached hydrogens (primary N) is 1. The van der Waals surface area contributed by atoms with Gasteiger partial charge in [0.15, 0.2) is 0 Å². The number of aromatic nitrogens is 2. The van der Waals surface area contributed by atoms with E-state index in [4.69, 9.17) is 5.73 Å². The molecule has 0 saturated heterocycles. The van der Waals surface area contributed by atoms with E-state index in [1.807, 2.05) is 32.9 Å². The number of aryl methyl sites for hydroxylation is 3. The largest absolute Gasteiger partial charge is 0.398 e. The molecule has 0 atom stereocenters.